The van der Waals surface area contributed by atoms with Crippen molar-refractivity contribution in [1.82, 2.24) is 15.1 Å². The second-order valence-corrected chi connectivity index (χ2v) is 10.4. The first-order valence-corrected chi connectivity index (χ1v) is 12.5. The number of alkyl halides is 6. The Balaban J connectivity index is 1.67. The number of likely N-dealkylation sites (tertiary alicyclic amines) is 1. The highest BCUT2D eigenvalue weighted by Gasteiger charge is 2.45. The Morgan fingerprint density at radius 3 is 2.21 bits per heavy atom. The number of nitrogens with zero attached hydrogens (tertiary/aromatic N) is 2. The van der Waals surface area contributed by atoms with Crippen molar-refractivity contribution in [2.75, 3.05) is 20.1 Å². The Kier molecular flexibility index (Phi) is 7.46. The second kappa shape index (κ2) is 10.1. The second-order valence-electron chi connectivity index (χ2n) is 10.4. The smallest absolute Gasteiger partial charge is 0.321 e. The molecule has 208 valence electrons. The van der Waals surface area contributed by atoms with Gasteiger partial charge in [-0.05, 0) is 93.1 Å². The van der Waals surface area contributed by atoms with Gasteiger partial charge in [0, 0.05) is 19.1 Å². The fourth-order valence-electron chi connectivity index (χ4n) is 5.66. The third kappa shape index (κ3) is 5.62. The normalized spacial score (nSPS) is 23.1. The average molecular weight is 546 g/mol. The van der Waals surface area contributed by atoms with Crippen molar-refractivity contribution in [2.45, 2.75) is 69.5 Å². The Bertz CT molecular complexity index is 1160. The third-order valence-electron chi connectivity index (χ3n) is 7.94. The SMILES string of the molecule is Cc1cc(F)ccc1[C@H]1CC2(CCCN2)CCN1C(=O)N(C)[C@H](C)c1cc(C(F)(F)F)cc(C(F)(F)F)c1. The molecule has 11 heteroatoms. The summed E-state index contributed by atoms with van der Waals surface area (Å²) in [5.41, 5.74) is -1.90. The summed E-state index contributed by atoms with van der Waals surface area (Å²) in [6.45, 7) is 4.32. The summed E-state index contributed by atoms with van der Waals surface area (Å²) in [4.78, 5) is 16.5. The molecule has 2 amide bonds. The number of hydrogen-bond donors (Lipinski definition) is 1. The van der Waals surface area contributed by atoms with E-state index in [0.717, 1.165) is 24.9 Å². The van der Waals surface area contributed by atoms with E-state index in [-0.39, 0.29) is 17.2 Å². The van der Waals surface area contributed by atoms with Gasteiger partial charge in [0.1, 0.15) is 5.82 Å². The van der Waals surface area contributed by atoms with Crippen molar-refractivity contribution < 1.29 is 35.5 Å². The fourth-order valence-corrected chi connectivity index (χ4v) is 5.66. The van der Waals surface area contributed by atoms with Crippen molar-refractivity contribution >= 4 is 6.03 Å². The maximum atomic E-state index is 13.9. The molecule has 0 radical (unpaired) electrons. The van der Waals surface area contributed by atoms with Crippen molar-refractivity contribution in [2.24, 2.45) is 0 Å². The van der Waals surface area contributed by atoms with Gasteiger partial charge in [0.25, 0.3) is 0 Å². The first-order valence-electron chi connectivity index (χ1n) is 12.5. The van der Waals surface area contributed by atoms with Crippen LogP contribution in [0.2, 0.25) is 0 Å². The molecule has 2 heterocycles. The molecule has 4 rings (SSSR count). The molecule has 2 aromatic carbocycles. The molecule has 4 nitrogen and oxygen atoms in total. The van der Waals surface area contributed by atoms with E-state index < -0.39 is 47.4 Å². The van der Waals surface area contributed by atoms with Crippen LogP contribution in [0, 0.1) is 12.7 Å². The first-order chi connectivity index (χ1) is 17.6. The highest BCUT2D eigenvalue weighted by Crippen LogP contribution is 2.43. The molecule has 3 atom stereocenters. The molecule has 1 unspecified atom stereocenters. The Labute approximate surface area is 216 Å². The lowest BCUT2D eigenvalue weighted by atomic mass is 9.79. The van der Waals surface area contributed by atoms with Gasteiger partial charge in [-0.15, -0.1) is 0 Å². The quantitative estimate of drug-likeness (QED) is 0.413. The zero-order valence-electron chi connectivity index (χ0n) is 21.3. The van der Waals surface area contributed by atoms with Gasteiger partial charge >= 0.3 is 18.4 Å². The predicted molar refractivity (Wildman–Crippen MR) is 128 cm³/mol. The van der Waals surface area contributed by atoms with Crippen LogP contribution in [0.5, 0.6) is 0 Å². The van der Waals surface area contributed by atoms with Crippen LogP contribution in [0.15, 0.2) is 36.4 Å². The molecule has 0 aromatic heterocycles. The lowest BCUT2D eigenvalue weighted by molar-refractivity contribution is -0.143. The van der Waals surface area contributed by atoms with Crippen LogP contribution in [0.4, 0.5) is 35.5 Å². The van der Waals surface area contributed by atoms with Crippen LogP contribution in [-0.4, -0.2) is 41.5 Å². The number of nitrogens with one attached hydrogen (secondary N) is 1. The number of benzene rings is 2. The molecular formula is C27H30F7N3O. The zero-order chi connectivity index (χ0) is 28.0. The standard InChI is InChI=1S/C27H30F7N3O/c1-16-11-21(28)5-6-22(16)23-15-25(7-4-9-35-25)8-10-37(23)24(38)36(3)17(2)18-12-19(26(29,30)31)14-20(13-18)27(32,33)34/h5-6,11-14,17,23,35H,4,7-10,15H2,1-3H3/t17-,23-,25?/m1/s1. The Morgan fingerprint density at radius 1 is 1.05 bits per heavy atom. The topological polar surface area (TPSA) is 35.6 Å². The molecule has 2 fully saturated rings. The van der Waals surface area contributed by atoms with Crippen LogP contribution < -0.4 is 5.32 Å². The van der Waals surface area contributed by atoms with E-state index in [1.54, 1.807) is 17.9 Å². The lowest BCUT2D eigenvalue weighted by Gasteiger charge is -2.47. The van der Waals surface area contributed by atoms with Crippen LogP contribution in [0.1, 0.15) is 72.5 Å². The molecular weight excluding hydrogens is 515 g/mol. The molecule has 0 bridgehead atoms. The summed E-state index contributed by atoms with van der Waals surface area (Å²) in [5, 5.41) is 3.54. The van der Waals surface area contributed by atoms with E-state index in [2.05, 4.69) is 5.32 Å². The molecule has 1 spiro atoms. The summed E-state index contributed by atoms with van der Waals surface area (Å²) >= 11 is 0. The van der Waals surface area contributed by atoms with E-state index in [1.165, 1.54) is 31.0 Å². The minimum absolute atomic E-state index is 0.0735. The van der Waals surface area contributed by atoms with Crippen LogP contribution in [0.3, 0.4) is 0 Å². The summed E-state index contributed by atoms with van der Waals surface area (Å²) < 4.78 is 94.3. The molecule has 0 saturated carbocycles. The summed E-state index contributed by atoms with van der Waals surface area (Å²) in [5.74, 6) is -0.413. The number of hydrogen-bond acceptors (Lipinski definition) is 2. The van der Waals surface area contributed by atoms with Crippen LogP contribution in [-0.2, 0) is 12.4 Å². The third-order valence-corrected chi connectivity index (χ3v) is 7.94. The van der Waals surface area contributed by atoms with Crippen molar-refractivity contribution in [3.63, 3.8) is 0 Å². The van der Waals surface area contributed by atoms with Crippen LogP contribution >= 0.6 is 0 Å². The zero-order valence-corrected chi connectivity index (χ0v) is 21.3. The van der Waals surface area contributed by atoms with E-state index in [4.69, 9.17) is 0 Å². The monoisotopic (exact) mass is 545 g/mol. The minimum Gasteiger partial charge on any atom is -0.321 e. The van der Waals surface area contributed by atoms with Crippen molar-refractivity contribution in [3.05, 3.63) is 70.0 Å². The predicted octanol–water partition coefficient (Wildman–Crippen LogP) is 7.24. The van der Waals surface area contributed by atoms with E-state index in [0.29, 0.717) is 37.1 Å². The summed E-state index contributed by atoms with van der Waals surface area (Å²) in [6, 6.07) is 3.67. The molecule has 2 saturated heterocycles. The Hall–Kier alpha value is -2.82. The number of carbonyl (C=O) groups excluding carboxylic acids is 1. The maximum absolute atomic E-state index is 13.9. The van der Waals surface area contributed by atoms with E-state index in [1.807, 2.05) is 0 Å². The van der Waals surface area contributed by atoms with Gasteiger partial charge in [-0.25, -0.2) is 9.18 Å². The van der Waals surface area contributed by atoms with Crippen molar-refractivity contribution in [3.8, 4) is 0 Å². The van der Waals surface area contributed by atoms with Gasteiger partial charge in [0.15, 0.2) is 0 Å². The number of amides is 2. The first kappa shape index (κ1) is 28.2. The highest BCUT2D eigenvalue weighted by atomic mass is 19.4. The molecule has 0 aliphatic carbocycles. The van der Waals surface area contributed by atoms with Gasteiger partial charge < -0.3 is 15.1 Å². The summed E-state index contributed by atoms with van der Waals surface area (Å²) in [6.07, 6.45) is -6.85. The average Bonchev–Trinajstić information content (AvgIpc) is 3.29. The fraction of sp³-hybridized carbons (Fsp3) is 0.519. The molecule has 2 aliphatic rings. The molecule has 2 aliphatic heterocycles. The number of halogens is 7. The van der Waals surface area contributed by atoms with Crippen molar-refractivity contribution in [1.29, 1.82) is 0 Å². The van der Waals surface area contributed by atoms with Crippen LogP contribution in [0.25, 0.3) is 0 Å². The maximum Gasteiger partial charge on any atom is 0.416 e. The number of rotatable bonds is 3. The Morgan fingerprint density at radius 2 is 1.68 bits per heavy atom. The number of carbonyl (C=O) groups is 1. The minimum atomic E-state index is -4.99. The molecule has 2 aromatic rings. The lowest BCUT2D eigenvalue weighted by Crippen LogP contribution is -2.55. The van der Waals surface area contributed by atoms with Gasteiger partial charge in [0.05, 0.1) is 23.2 Å². The largest absolute Gasteiger partial charge is 0.416 e. The summed E-state index contributed by atoms with van der Waals surface area (Å²) in [7, 11) is 1.37. The van der Waals surface area contributed by atoms with Gasteiger partial charge in [0.2, 0.25) is 0 Å². The number of urea groups is 1. The van der Waals surface area contributed by atoms with Gasteiger partial charge in [-0.3, -0.25) is 0 Å². The number of aryl methyl sites for hydroxylation is 1. The van der Waals surface area contributed by atoms with E-state index >= 15 is 0 Å². The molecule has 38 heavy (non-hydrogen) atoms. The number of piperidine rings is 1. The van der Waals surface area contributed by atoms with Gasteiger partial charge in [-0.2, -0.15) is 26.3 Å². The highest BCUT2D eigenvalue weighted by molar-refractivity contribution is 5.75. The van der Waals surface area contributed by atoms with E-state index in [9.17, 15) is 35.5 Å². The van der Waals surface area contributed by atoms with Gasteiger partial charge in [-0.1, -0.05) is 6.07 Å². The molecule has 1 N–H and O–H groups in total.